The number of benzene rings is 2. The molecule has 176 valence electrons. The van der Waals surface area contributed by atoms with Crippen molar-refractivity contribution in [2.75, 3.05) is 25.1 Å². The van der Waals surface area contributed by atoms with Gasteiger partial charge in [0.1, 0.15) is 5.75 Å². The summed E-state index contributed by atoms with van der Waals surface area (Å²) >= 11 is 1.69. The van der Waals surface area contributed by atoms with Crippen LogP contribution in [0.3, 0.4) is 0 Å². The molecule has 1 amide bonds. The summed E-state index contributed by atoms with van der Waals surface area (Å²) in [7, 11) is 1.66. The monoisotopic (exact) mass is 475 g/mol. The molecule has 1 aliphatic heterocycles. The number of rotatable bonds is 6. The average molecular weight is 476 g/mol. The predicted octanol–water partition coefficient (Wildman–Crippen LogP) is 4.44. The van der Waals surface area contributed by atoms with Crippen molar-refractivity contribution in [3.05, 3.63) is 65.4 Å². The third kappa shape index (κ3) is 4.63. The smallest absolute Gasteiger partial charge is 0.224 e. The number of aromatic nitrogens is 3. The molecule has 5 rings (SSSR count). The molecule has 0 aliphatic carbocycles. The second-order valence-corrected chi connectivity index (χ2v) is 9.81. The zero-order valence-electron chi connectivity index (χ0n) is 19.7. The third-order valence-electron chi connectivity index (χ3n) is 6.31. The van der Waals surface area contributed by atoms with Crippen LogP contribution >= 0.6 is 11.3 Å². The fourth-order valence-corrected chi connectivity index (χ4v) is 5.39. The molecule has 8 heteroatoms. The summed E-state index contributed by atoms with van der Waals surface area (Å²) < 4.78 is 8.29. The molecule has 4 aromatic rings. The summed E-state index contributed by atoms with van der Waals surface area (Å²) in [6.45, 7) is 5.83. The van der Waals surface area contributed by atoms with Gasteiger partial charge in [0.15, 0.2) is 10.8 Å². The Morgan fingerprint density at radius 2 is 1.79 bits per heavy atom. The summed E-state index contributed by atoms with van der Waals surface area (Å²) in [5.41, 5.74) is 5.09. The topological polar surface area (TPSA) is 72.3 Å². The minimum atomic E-state index is 0.0949. The van der Waals surface area contributed by atoms with Gasteiger partial charge in [0.2, 0.25) is 5.91 Å². The van der Waals surface area contributed by atoms with Crippen molar-refractivity contribution < 1.29 is 9.53 Å². The molecule has 7 nitrogen and oxygen atoms in total. The Hall–Kier alpha value is -3.39. The van der Waals surface area contributed by atoms with E-state index in [4.69, 9.17) is 14.8 Å². The number of fused-ring (bicyclic) bond motifs is 1. The maximum atomic E-state index is 12.5. The first-order chi connectivity index (χ1) is 16.5. The first-order valence-electron chi connectivity index (χ1n) is 11.6. The number of aryl methyl sites for hydroxylation is 2. The van der Waals surface area contributed by atoms with Crippen LogP contribution in [0.25, 0.3) is 16.0 Å². The van der Waals surface area contributed by atoms with Crippen molar-refractivity contribution in [2.45, 2.75) is 39.2 Å². The molecule has 0 atom stereocenters. The van der Waals surface area contributed by atoms with Crippen LogP contribution < -0.4 is 15.0 Å². The van der Waals surface area contributed by atoms with Gasteiger partial charge in [-0.1, -0.05) is 41.2 Å². The number of carbonyl (C=O) groups is 1. The molecule has 0 bridgehead atoms. The molecular formula is C26H29N5O2S. The van der Waals surface area contributed by atoms with E-state index < -0.39 is 0 Å². The van der Waals surface area contributed by atoms with E-state index in [1.165, 1.54) is 5.56 Å². The van der Waals surface area contributed by atoms with Gasteiger partial charge in [-0.05, 0) is 56.5 Å². The molecule has 2 aromatic heterocycles. The van der Waals surface area contributed by atoms with Gasteiger partial charge in [-0.15, -0.1) is 0 Å². The second kappa shape index (κ2) is 9.46. The SMILES string of the molecule is COc1ccc(-n2nc(C)c3sc(N4CCC(NC(=O)Cc5ccc(C)cc5)CC4)nc32)cc1. The van der Waals surface area contributed by atoms with Crippen molar-refractivity contribution >= 4 is 32.7 Å². The van der Waals surface area contributed by atoms with Crippen LogP contribution in [0, 0.1) is 13.8 Å². The number of anilines is 1. The highest BCUT2D eigenvalue weighted by Crippen LogP contribution is 2.34. The van der Waals surface area contributed by atoms with E-state index in [2.05, 4.69) is 29.3 Å². The van der Waals surface area contributed by atoms with Crippen LogP contribution in [0.5, 0.6) is 5.75 Å². The number of amides is 1. The van der Waals surface area contributed by atoms with Crippen LogP contribution in [0.4, 0.5) is 5.13 Å². The quantitative estimate of drug-likeness (QED) is 0.447. The Balaban J connectivity index is 1.23. The number of hydrogen-bond acceptors (Lipinski definition) is 6. The molecular weight excluding hydrogens is 446 g/mol. The number of hydrogen-bond donors (Lipinski definition) is 1. The molecule has 1 aliphatic rings. The third-order valence-corrected chi connectivity index (χ3v) is 7.52. The van der Waals surface area contributed by atoms with Gasteiger partial charge in [-0.3, -0.25) is 4.79 Å². The summed E-state index contributed by atoms with van der Waals surface area (Å²) in [6, 6.07) is 16.2. The molecule has 0 radical (unpaired) electrons. The highest BCUT2D eigenvalue weighted by molar-refractivity contribution is 7.22. The van der Waals surface area contributed by atoms with E-state index in [0.717, 1.165) is 64.1 Å². The Kier molecular flexibility index (Phi) is 6.24. The molecule has 1 saturated heterocycles. The summed E-state index contributed by atoms with van der Waals surface area (Å²) in [5.74, 6) is 0.911. The fourth-order valence-electron chi connectivity index (χ4n) is 4.35. The second-order valence-electron chi connectivity index (χ2n) is 8.84. The highest BCUT2D eigenvalue weighted by atomic mass is 32.1. The van der Waals surface area contributed by atoms with Gasteiger partial charge in [0.25, 0.3) is 0 Å². The molecule has 1 fully saturated rings. The molecule has 0 unspecified atom stereocenters. The minimum Gasteiger partial charge on any atom is -0.497 e. The average Bonchev–Trinajstić information content (AvgIpc) is 3.42. The van der Waals surface area contributed by atoms with E-state index in [-0.39, 0.29) is 11.9 Å². The fraction of sp³-hybridized carbons (Fsp3) is 0.346. The van der Waals surface area contributed by atoms with E-state index in [1.807, 2.05) is 48.0 Å². The maximum Gasteiger partial charge on any atom is 0.224 e. The zero-order valence-corrected chi connectivity index (χ0v) is 20.6. The molecule has 0 saturated carbocycles. The Labute approximate surface area is 203 Å². The van der Waals surface area contributed by atoms with Crippen LogP contribution in [0.2, 0.25) is 0 Å². The van der Waals surface area contributed by atoms with Crippen molar-refractivity contribution in [2.24, 2.45) is 0 Å². The highest BCUT2D eigenvalue weighted by Gasteiger charge is 2.24. The maximum absolute atomic E-state index is 12.5. The lowest BCUT2D eigenvalue weighted by molar-refractivity contribution is -0.121. The minimum absolute atomic E-state index is 0.0949. The summed E-state index contributed by atoms with van der Waals surface area (Å²) in [4.78, 5) is 19.8. The standard InChI is InChI=1S/C26H29N5O2S/c1-17-4-6-19(7-5-17)16-23(32)27-20-12-14-30(15-13-20)26-28-25-24(34-26)18(2)29-31(25)21-8-10-22(33-3)11-9-21/h4-11,20H,12-16H2,1-3H3,(H,27,32). The van der Waals surface area contributed by atoms with Gasteiger partial charge in [-0.2, -0.15) is 10.1 Å². The van der Waals surface area contributed by atoms with E-state index in [1.54, 1.807) is 18.4 Å². The Bertz CT molecular complexity index is 1290. The number of methoxy groups -OCH3 is 1. The van der Waals surface area contributed by atoms with Crippen LogP contribution in [0.15, 0.2) is 48.5 Å². The Morgan fingerprint density at radius 1 is 1.09 bits per heavy atom. The molecule has 1 N–H and O–H groups in total. The van der Waals surface area contributed by atoms with Gasteiger partial charge in [0.05, 0.1) is 29.6 Å². The van der Waals surface area contributed by atoms with Gasteiger partial charge in [-0.25, -0.2) is 4.68 Å². The van der Waals surface area contributed by atoms with Crippen molar-refractivity contribution in [1.82, 2.24) is 20.1 Å². The lowest BCUT2D eigenvalue weighted by Crippen LogP contribution is -2.45. The lowest BCUT2D eigenvalue weighted by atomic mass is 10.0. The van der Waals surface area contributed by atoms with Crippen molar-refractivity contribution in [1.29, 1.82) is 0 Å². The van der Waals surface area contributed by atoms with E-state index >= 15 is 0 Å². The van der Waals surface area contributed by atoms with Crippen molar-refractivity contribution in [3.8, 4) is 11.4 Å². The number of nitrogens with one attached hydrogen (secondary N) is 1. The number of carbonyl (C=O) groups excluding carboxylic acids is 1. The number of ether oxygens (including phenoxy) is 1. The molecule has 2 aromatic carbocycles. The van der Waals surface area contributed by atoms with Crippen LogP contribution in [-0.2, 0) is 11.2 Å². The first kappa shape index (κ1) is 22.4. The molecule has 3 heterocycles. The lowest BCUT2D eigenvalue weighted by Gasteiger charge is -2.32. The van der Waals surface area contributed by atoms with Crippen LogP contribution in [-0.4, -0.2) is 46.9 Å². The van der Waals surface area contributed by atoms with E-state index in [9.17, 15) is 4.79 Å². The van der Waals surface area contributed by atoms with Gasteiger partial charge >= 0.3 is 0 Å². The molecule has 34 heavy (non-hydrogen) atoms. The Morgan fingerprint density at radius 3 is 2.47 bits per heavy atom. The number of nitrogens with zero attached hydrogens (tertiary/aromatic N) is 4. The van der Waals surface area contributed by atoms with Crippen molar-refractivity contribution in [3.63, 3.8) is 0 Å². The summed E-state index contributed by atoms with van der Waals surface area (Å²) in [5, 5.41) is 8.94. The first-order valence-corrected chi connectivity index (χ1v) is 12.4. The van der Waals surface area contributed by atoms with Crippen LogP contribution in [0.1, 0.15) is 29.7 Å². The van der Waals surface area contributed by atoms with Gasteiger partial charge in [0, 0.05) is 19.1 Å². The largest absolute Gasteiger partial charge is 0.497 e. The normalized spacial score (nSPS) is 14.5. The summed E-state index contributed by atoms with van der Waals surface area (Å²) in [6.07, 6.45) is 2.26. The number of thiazole rings is 1. The molecule has 0 spiro atoms. The predicted molar refractivity (Wildman–Crippen MR) is 136 cm³/mol. The number of piperidine rings is 1. The van der Waals surface area contributed by atoms with Gasteiger partial charge < -0.3 is 15.0 Å². The van der Waals surface area contributed by atoms with E-state index in [0.29, 0.717) is 6.42 Å². The zero-order chi connectivity index (χ0) is 23.7.